The van der Waals surface area contributed by atoms with Gasteiger partial charge in [0.15, 0.2) is 0 Å². The summed E-state index contributed by atoms with van der Waals surface area (Å²) in [6, 6.07) is 8.75. The predicted octanol–water partition coefficient (Wildman–Crippen LogP) is 4.66. The van der Waals surface area contributed by atoms with E-state index in [-0.39, 0.29) is 17.1 Å². The Kier molecular flexibility index (Phi) is 5.78. The van der Waals surface area contributed by atoms with E-state index in [9.17, 15) is 13.0 Å². The van der Waals surface area contributed by atoms with Crippen molar-refractivity contribution in [2.45, 2.75) is 12.7 Å². The Balaban J connectivity index is 1.97. The lowest BCUT2D eigenvalue weighted by Gasteiger charge is -2.12. The number of benzene rings is 1. The van der Waals surface area contributed by atoms with Crippen molar-refractivity contribution in [3.8, 4) is 16.9 Å². The molecule has 0 bridgehead atoms. The zero-order valence-corrected chi connectivity index (χ0v) is 16.9. The second-order valence-electron chi connectivity index (χ2n) is 6.67. The van der Waals surface area contributed by atoms with Crippen LogP contribution in [-0.2, 0) is 15.5 Å². The fourth-order valence-electron chi connectivity index (χ4n) is 2.94. The number of methoxy groups -OCH3 is 1. The molecule has 0 spiro atoms. The molecule has 2 aromatic heterocycles. The smallest absolute Gasteiger partial charge is 0.149 e. The van der Waals surface area contributed by atoms with Crippen LogP contribution in [-0.4, -0.2) is 27.5 Å². The van der Waals surface area contributed by atoms with E-state index < -0.39 is 21.4 Å². The van der Waals surface area contributed by atoms with Crippen LogP contribution in [0.15, 0.2) is 42.6 Å². The molecular weight excluding hydrogens is 398 g/mol. The number of nitrogens with zero attached hydrogens (tertiary/aromatic N) is 2. The van der Waals surface area contributed by atoms with Crippen LogP contribution < -0.4 is 10.1 Å². The van der Waals surface area contributed by atoms with Gasteiger partial charge >= 0.3 is 0 Å². The van der Waals surface area contributed by atoms with E-state index in [4.69, 9.17) is 9.52 Å². The monoisotopic (exact) mass is 418 g/mol. The molecule has 152 valence electrons. The molecule has 0 aliphatic heterocycles. The van der Waals surface area contributed by atoms with Crippen LogP contribution in [0.25, 0.3) is 11.1 Å². The molecule has 3 rings (SSSR count). The Hall–Kier alpha value is -3.07. The highest BCUT2D eigenvalue weighted by Crippen LogP contribution is 2.33. The summed E-state index contributed by atoms with van der Waals surface area (Å²) in [5.74, 6) is -0.0279. The second-order valence-corrected chi connectivity index (χ2v) is 8.97. The molecule has 3 aromatic rings. The first kappa shape index (κ1) is 20.7. The molecule has 1 atom stereocenters. The first-order valence-corrected chi connectivity index (χ1v) is 10.7. The van der Waals surface area contributed by atoms with Gasteiger partial charge in [0.1, 0.15) is 29.0 Å². The van der Waals surface area contributed by atoms with Crippen LogP contribution in [0.4, 0.5) is 20.4 Å². The predicted molar refractivity (Wildman–Crippen MR) is 109 cm³/mol. The average molecular weight is 418 g/mol. The minimum Gasteiger partial charge on any atom is -0.496 e. The van der Waals surface area contributed by atoms with E-state index in [1.54, 1.807) is 19.1 Å². The summed E-state index contributed by atoms with van der Waals surface area (Å²) in [7, 11) is -1.33. The van der Waals surface area contributed by atoms with Gasteiger partial charge in [0.2, 0.25) is 0 Å². The standard InChI is InChI=1S/C20H20F2N4O2S/c1-12-6-13(11-29(3,23)27)7-20(25-12)26-19-9-16(17(22)10-24-19)15-5-4-14(21)8-18(15)28-2/h4-10,23H,11H2,1-3H3,(H,24,25,26). The van der Waals surface area contributed by atoms with E-state index in [0.717, 1.165) is 6.20 Å². The van der Waals surface area contributed by atoms with Gasteiger partial charge < -0.3 is 10.1 Å². The number of ether oxygens (including phenoxy) is 1. The minimum absolute atomic E-state index is 0.0971. The minimum atomic E-state index is -2.71. The third-order valence-electron chi connectivity index (χ3n) is 4.02. The van der Waals surface area contributed by atoms with Crippen LogP contribution in [0.3, 0.4) is 0 Å². The maximum atomic E-state index is 14.4. The molecule has 2 heterocycles. The molecule has 0 saturated heterocycles. The van der Waals surface area contributed by atoms with Crippen molar-refractivity contribution in [3.63, 3.8) is 0 Å². The SMILES string of the molecule is COc1cc(F)ccc1-c1cc(Nc2cc(CS(C)(=N)=O)cc(C)n2)ncc1F. The number of nitrogens with one attached hydrogen (secondary N) is 2. The van der Waals surface area contributed by atoms with Gasteiger partial charge in [-0.3, -0.25) is 4.78 Å². The number of aromatic nitrogens is 2. The molecule has 0 saturated carbocycles. The Morgan fingerprint density at radius 2 is 1.90 bits per heavy atom. The van der Waals surface area contributed by atoms with Crippen molar-refractivity contribution in [3.05, 3.63) is 65.5 Å². The van der Waals surface area contributed by atoms with E-state index >= 15 is 0 Å². The van der Waals surface area contributed by atoms with Gasteiger partial charge in [-0.1, -0.05) is 0 Å². The van der Waals surface area contributed by atoms with Crippen LogP contribution in [0.1, 0.15) is 11.3 Å². The van der Waals surface area contributed by atoms with Gasteiger partial charge in [-0.2, -0.15) is 0 Å². The summed E-state index contributed by atoms with van der Waals surface area (Å²) in [6.07, 6.45) is 2.43. The molecule has 0 aliphatic rings. The van der Waals surface area contributed by atoms with Gasteiger partial charge in [0.05, 0.1) is 19.1 Å². The van der Waals surface area contributed by atoms with E-state index in [2.05, 4.69) is 15.3 Å². The fourth-order valence-corrected chi connectivity index (χ4v) is 3.74. The van der Waals surface area contributed by atoms with Gasteiger partial charge in [-0.05, 0) is 42.8 Å². The first-order chi connectivity index (χ1) is 13.6. The molecule has 29 heavy (non-hydrogen) atoms. The zero-order valence-electron chi connectivity index (χ0n) is 16.1. The highest BCUT2D eigenvalue weighted by Gasteiger charge is 2.14. The molecule has 0 aliphatic carbocycles. The summed E-state index contributed by atoms with van der Waals surface area (Å²) in [6.45, 7) is 1.78. The van der Waals surface area contributed by atoms with Crippen LogP contribution >= 0.6 is 0 Å². The Morgan fingerprint density at radius 1 is 1.14 bits per heavy atom. The van der Waals surface area contributed by atoms with Crippen molar-refractivity contribution in [2.24, 2.45) is 0 Å². The lowest BCUT2D eigenvalue weighted by Crippen LogP contribution is -2.03. The molecule has 1 unspecified atom stereocenters. The lowest BCUT2D eigenvalue weighted by molar-refractivity contribution is 0.412. The number of rotatable bonds is 6. The van der Waals surface area contributed by atoms with E-state index in [1.807, 2.05) is 0 Å². The molecule has 6 nitrogen and oxygen atoms in total. The number of halogens is 2. The van der Waals surface area contributed by atoms with Crippen LogP contribution in [0.2, 0.25) is 0 Å². The lowest BCUT2D eigenvalue weighted by atomic mass is 10.0. The normalized spacial score (nSPS) is 13.0. The molecular formula is C20H20F2N4O2S. The van der Waals surface area contributed by atoms with Crippen molar-refractivity contribution in [2.75, 3.05) is 18.7 Å². The van der Waals surface area contributed by atoms with Gasteiger partial charge in [0, 0.05) is 38.9 Å². The topological polar surface area (TPSA) is 88.0 Å². The largest absolute Gasteiger partial charge is 0.496 e. The average Bonchev–Trinajstić information content (AvgIpc) is 2.61. The van der Waals surface area contributed by atoms with Gasteiger partial charge in [0.25, 0.3) is 0 Å². The van der Waals surface area contributed by atoms with Crippen molar-refractivity contribution < 1.29 is 17.7 Å². The summed E-state index contributed by atoms with van der Waals surface area (Å²) in [4.78, 5) is 8.39. The molecule has 0 amide bonds. The first-order valence-electron chi connectivity index (χ1n) is 8.60. The summed E-state index contributed by atoms with van der Waals surface area (Å²) in [5, 5.41) is 3.00. The van der Waals surface area contributed by atoms with Crippen LogP contribution in [0, 0.1) is 23.3 Å². The number of aryl methyl sites for hydroxylation is 1. The fraction of sp³-hybridized carbons (Fsp3) is 0.200. The molecule has 2 N–H and O–H groups in total. The Morgan fingerprint density at radius 3 is 2.59 bits per heavy atom. The molecule has 0 radical (unpaired) electrons. The zero-order chi connectivity index (χ0) is 21.2. The van der Waals surface area contributed by atoms with Crippen molar-refractivity contribution >= 4 is 21.4 Å². The van der Waals surface area contributed by atoms with E-state index in [0.29, 0.717) is 28.5 Å². The summed E-state index contributed by atoms with van der Waals surface area (Å²) < 4.78 is 52.5. The van der Waals surface area contributed by atoms with Crippen molar-refractivity contribution in [1.82, 2.24) is 9.97 Å². The van der Waals surface area contributed by atoms with Gasteiger partial charge in [-0.15, -0.1) is 0 Å². The maximum Gasteiger partial charge on any atom is 0.149 e. The maximum absolute atomic E-state index is 14.4. The molecule has 1 aromatic carbocycles. The Bertz CT molecular complexity index is 1170. The highest BCUT2D eigenvalue weighted by atomic mass is 32.2. The number of anilines is 2. The number of pyridine rings is 2. The number of hydrogen-bond acceptors (Lipinski definition) is 6. The summed E-state index contributed by atoms with van der Waals surface area (Å²) >= 11 is 0. The molecule has 0 fully saturated rings. The second kappa shape index (κ2) is 8.12. The summed E-state index contributed by atoms with van der Waals surface area (Å²) in [5.41, 5.74) is 1.95. The highest BCUT2D eigenvalue weighted by molar-refractivity contribution is 7.90. The van der Waals surface area contributed by atoms with Crippen LogP contribution in [0.5, 0.6) is 5.75 Å². The molecule has 9 heteroatoms. The number of hydrogen-bond donors (Lipinski definition) is 2. The van der Waals surface area contributed by atoms with Crippen molar-refractivity contribution in [1.29, 1.82) is 4.78 Å². The third kappa shape index (κ3) is 5.26. The van der Waals surface area contributed by atoms with E-state index in [1.165, 1.54) is 37.6 Å². The quantitative estimate of drug-likeness (QED) is 0.608. The van der Waals surface area contributed by atoms with Gasteiger partial charge in [-0.25, -0.2) is 23.0 Å². The third-order valence-corrected chi connectivity index (χ3v) is 4.90. The Labute approximate surface area is 168 Å².